The van der Waals surface area contributed by atoms with Gasteiger partial charge in [-0.05, 0) is 120 Å². The summed E-state index contributed by atoms with van der Waals surface area (Å²) >= 11 is 0. The number of fused-ring (bicyclic) bond motifs is 3. The minimum atomic E-state index is -0.706. The van der Waals surface area contributed by atoms with Gasteiger partial charge in [-0.3, -0.25) is 14.6 Å². The fourth-order valence-electron chi connectivity index (χ4n) is 12.1. The maximum absolute atomic E-state index is 14.0. The van der Waals surface area contributed by atoms with E-state index in [-0.39, 0.29) is 41.1 Å². The summed E-state index contributed by atoms with van der Waals surface area (Å²) in [6, 6.07) is 18.3. The Kier molecular flexibility index (Phi) is 12.5. The Morgan fingerprint density at radius 3 is 1.84 bits per heavy atom. The maximum Gasteiger partial charge on any atom is 0.407 e. The van der Waals surface area contributed by atoms with E-state index in [4.69, 9.17) is 24.2 Å². The van der Waals surface area contributed by atoms with Crippen molar-refractivity contribution in [1.82, 2.24) is 30.4 Å². The number of benzene rings is 3. The van der Waals surface area contributed by atoms with Gasteiger partial charge in [-0.1, -0.05) is 83.0 Å². The van der Waals surface area contributed by atoms with Crippen LogP contribution >= 0.6 is 0 Å². The van der Waals surface area contributed by atoms with Crippen LogP contribution in [-0.2, 0) is 42.2 Å². The van der Waals surface area contributed by atoms with Gasteiger partial charge in [-0.2, -0.15) is 0 Å². The van der Waals surface area contributed by atoms with E-state index >= 15 is 0 Å². The molecule has 1 aromatic heterocycles. The van der Waals surface area contributed by atoms with Gasteiger partial charge in [-0.15, -0.1) is 0 Å². The standard InChI is InChI=1S/C54H66N8O7/c1-31(2)45(58-51(65)67-5)49(63)61-23-9-11-43(61)47-55-28-42(57-47)34-15-13-33(14-16-34)36-18-19-37(39-27-53(26-38(36)39)21-7-8-22-53)35-17-20-41-40(25-35)54(29-69-30-54)60-48(56-41)44-12-10-24-62(44)50(64)46(32(3)4)59-52(66)68-6/h13-20,25,28,31-32,43-46H,7-12,21-24,26-27,29-30H2,1-6H3,(H,55,57)(H,56,60)(H,58,65)(H,59,66)/t43-,44-,45-,46-/m0/s1. The first-order valence-electron chi connectivity index (χ1n) is 25.0. The van der Waals surface area contributed by atoms with Crippen molar-refractivity contribution in [3.05, 3.63) is 83.3 Å². The number of methoxy groups -OCH3 is 2. The number of hydrogen-bond acceptors (Lipinski definition) is 10. The van der Waals surface area contributed by atoms with Gasteiger partial charge >= 0.3 is 12.2 Å². The number of nitrogens with one attached hydrogen (secondary N) is 4. The lowest BCUT2D eigenvalue weighted by Gasteiger charge is -2.44. The molecule has 0 unspecified atom stereocenters. The van der Waals surface area contributed by atoms with Gasteiger partial charge in [0.1, 0.15) is 29.3 Å². The molecule has 4 fully saturated rings. The molecule has 0 bridgehead atoms. The number of carbonyl (C=O) groups excluding carboxylic acids is 4. The molecule has 3 saturated heterocycles. The Labute approximate surface area is 404 Å². The van der Waals surface area contributed by atoms with Crippen LogP contribution in [0.4, 0.5) is 15.3 Å². The molecule has 4 N–H and O–H groups in total. The molecule has 15 nitrogen and oxygen atoms in total. The summed E-state index contributed by atoms with van der Waals surface area (Å²) in [4.78, 5) is 69.5. The molecule has 364 valence electrons. The fourth-order valence-corrected chi connectivity index (χ4v) is 12.1. The summed E-state index contributed by atoms with van der Waals surface area (Å²) in [6.45, 7) is 9.82. The lowest BCUT2D eigenvalue weighted by Crippen LogP contribution is -2.56. The molecule has 5 heterocycles. The monoisotopic (exact) mass is 939 g/mol. The molecule has 4 amide bonds. The normalized spacial score (nSPS) is 21.7. The Balaban J connectivity index is 0.908. The number of aliphatic imine (C=N–C) groups is 1. The number of likely N-dealkylation sites (tertiary alicyclic amines) is 2. The minimum Gasteiger partial charge on any atom is -0.453 e. The Morgan fingerprint density at radius 1 is 0.725 bits per heavy atom. The van der Waals surface area contributed by atoms with Gasteiger partial charge in [-0.25, -0.2) is 14.6 Å². The number of amides is 4. The highest BCUT2D eigenvalue weighted by Gasteiger charge is 2.48. The quantitative estimate of drug-likeness (QED) is 0.115. The third-order valence-electron chi connectivity index (χ3n) is 15.9. The second-order valence-corrected chi connectivity index (χ2v) is 20.9. The molecule has 0 radical (unpaired) electrons. The van der Waals surface area contributed by atoms with Gasteiger partial charge in [0, 0.05) is 24.3 Å². The fraction of sp³-hybridized carbons (Fsp3) is 0.519. The third kappa shape index (κ3) is 8.54. The number of alkyl carbamates (subject to hydrolysis) is 2. The largest absolute Gasteiger partial charge is 0.453 e. The van der Waals surface area contributed by atoms with Gasteiger partial charge in [0.2, 0.25) is 11.8 Å². The van der Waals surface area contributed by atoms with Crippen molar-refractivity contribution in [2.75, 3.05) is 45.8 Å². The highest BCUT2D eigenvalue weighted by atomic mass is 16.5. The van der Waals surface area contributed by atoms with Gasteiger partial charge < -0.3 is 44.9 Å². The number of imidazole rings is 1. The molecule has 6 aliphatic rings. The predicted octanol–water partition coefficient (Wildman–Crippen LogP) is 8.53. The Morgan fingerprint density at radius 2 is 1.28 bits per heavy atom. The van der Waals surface area contributed by atoms with E-state index in [0.717, 1.165) is 72.7 Å². The topological polar surface area (TPSA) is 180 Å². The molecule has 1 saturated carbocycles. The van der Waals surface area contributed by atoms with Crippen LogP contribution in [0.2, 0.25) is 0 Å². The van der Waals surface area contributed by atoms with Crippen LogP contribution in [0.1, 0.15) is 108 Å². The molecular weight excluding hydrogens is 873 g/mol. The van der Waals surface area contributed by atoms with Crippen molar-refractivity contribution in [2.24, 2.45) is 22.2 Å². The molecule has 69 heavy (non-hydrogen) atoms. The summed E-state index contributed by atoms with van der Waals surface area (Å²) in [5.41, 5.74) is 11.6. The molecule has 4 atom stereocenters. The number of anilines is 1. The zero-order valence-corrected chi connectivity index (χ0v) is 40.8. The molecule has 2 aliphatic carbocycles. The van der Waals surface area contributed by atoms with Crippen molar-refractivity contribution in [3.8, 4) is 33.5 Å². The van der Waals surface area contributed by atoms with Crippen molar-refractivity contribution in [1.29, 1.82) is 0 Å². The number of amidine groups is 1. The molecule has 15 heteroatoms. The SMILES string of the molecule is COC(=O)N[C@H](C(=O)N1CCC[C@H]1C1=NC2(COC2)c2cc(-c3ccc(-c4ccc(-c5cnc([C@@H]6CCCN6C(=O)[C@@H](NC(=O)OC)C(C)C)[nH]5)cc4)c4c3CC3(CCCC3)C4)ccc2N1)C(C)C. The van der Waals surface area contributed by atoms with Crippen molar-refractivity contribution < 1.29 is 33.4 Å². The number of nitrogens with zero attached hydrogens (tertiary/aromatic N) is 4. The predicted molar refractivity (Wildman–Crippen MR) is 264 cm³/mol. The highest BCUT2D eigenvalue weighted by Crippen LogP contribution is 2.54. The van der Waals surface area contributed by atoms with Gasteiger partial charge in [0.15, 0.2) is 0 Å². The molecule has 4 aromatic rings. The maximum atomic E-state index is 14.0. The van der Waals surface area contributed by atoms with E-state index < -0.39 is 29.8 Å². The molecule has 10 rings (SSSR count). The number of aromatic nitrogens is 2. The summed E-state index contributed by atoms with van der Waals surface area (Å²) in [7, 11) is 2.61. The molecule has 4 aliphatic heterocycles. The highest BCUT2D eigenvalue weighted by molar-refractivity contribution is 6.05. The van der Waals surface area contributed by atoms with E-state index in [1.165, 1.54) is 73.3 Å². The van der Waals surface area contributed by atoms with E-state index in [1.54, 1.807) is 0 Å². The first-order valence-corrected chi connectivity index (χ1v) is 25.0. The lowest BCUT2D eigenvalue weighted by molar-refractivity contribution is -0.135. The van der Waals surface area contributed by atoms with E-state index in [9.17, 15) is 19.2 Å². The first kappa shape index (κ1) is 46.5. The van der Waals surface area contributed by atoms with Crippen LogP contribution in [-0.4, -0.2) is 108 Å². The van der Waals surface area contributed by atoms with Crippen LogP contribution in [0.25, 0.3) is 33.5 Å². The molecule has 2 spiro atoms. The zero-order valence-electron chi connectivity index (χ0n) is 40.8. The van der Waals surface area contributed by atoms with Crippen LogP contribution in [0.15, 0.2) is 65.8 Å². The first-order chi connectivity index (χ1) is 33.3. The van der Waals surface area contributed by atoms with E-state index in [0.29, 0.717) is 26.3 Å². The zero-order chi connectivity index (χ0) is 48.2. The summed E-state index contributed by atoms with van der Waals surface area (Å²) in [5.74, 6) is 1.04. The number of aromatic amines is 1. The van der Waals surface area contributed by atoms with Crippen LogP contribution < -0.4 is 16.0 Å². The number of H-pyrrole nitrogens is 1. The van der Waals surface area contributed by atoms with E-state index in [1.807, 2.05) is 43.7 Å². The van der Waals surface area contributed by atoms with E-state index in [2.05, 4.69) is 75.5 Å². The Hall–Kier alpha value is -6.22. The third-order valence-corrected chi connectivity index (χ3v) is 15.9. The van der Waals surface area contributed by atoms with Gasteiger partial charge in [0.05, 0.1) is 51.4 Å². The minimum absolute atomic E-state index is 0.106. The van der Waals surface area contributed by atoms with Gasteiger partial charge in [0.25, 0.3) is 0 Å². The summed E-state index contributed by atoms with van der Waals surface area (Å²) in [5, 5.41) is 9.17. The number of rotatable bonds is 11. The Bertz CT molecular complexity index is 2660. The second kappa shape index (κ2) is 18.6. The summed E-state index contributed by atoms with van der Waals surface area (Å²) in [6.07, 6.45) is 11.1. The second-order valence-electron chi connectivity index (χ2n) is 20.9. The van der Waals surface area contributed by atoms with Crippen LogP contribution in [0.5, 0.6) is 0 Å². The van der Waals surface area contributed by atoms with Crippen LogP contribution in [0, 0.1) is 17.3 Å². The number of carbonyl (C=O) groups is 4. The molecular formula is C54H66N8O7. The smallest absolute Gasteiger partial charge is 0.407 e. The molecule has 3 aromatic carbocycles. The van der Waals surface area contributed by atoms with Crippen molar-refractivity contribution in [3.63, 3.8) is 0 Å². The van der Waals surface area contributed by atoms with Crippen molar-refractivity contribution >= 4 is 35.5 Å². The average Bonchev–Trinajstić information content (AvgIpc) is 4.21. The summed E-state index contributed by atoms with van der Waals surface area (Å²) < 4.78 is 15.6. The average molecular weight is 939 g/mol. The van der Waals surface area contributed by atoms with Crippen LogP contribution in [0.3, 0.4) is 0 Å². The number of ether oxygens (including phenoxy) is 3. The van der Waals surface area contributed by atoms with Crippen molar-refractivity contribution in [2.45, 2.75) is 122 Å². The number of hydrogen-bond donors (Lipinski definition) is 4. The lowest BCUT2D eigenvalue weighted by atomic mass is 9.82.